The van der Waals surface area contributed by atoms with E-state index in [2.05, 4.69) is 0 Å². The Morgan fingerprint density at radius 1 is 1.07 bits per heavy atom. The zero-order chi connectivity index (χ0) is 11.5. The second kappa shape index (κ2) is 3.15. The lowest BCUT2D eigenvalue weighted by Crippen LogP contribution is -2.87. The summed E-state index contributed by atoms with van der Waals surface area (Å²) in [6.07, 6.45) is -4.15. The minimum Gasteiger partial charge on any atom is -0.392 e. The third kappa shape index (κ3) is 1.10. The molecule has 0 radical (unpaired) electrons. The highest BCUT2D eigenvalue weighted by Crippen LogP contribution is 2.59. The van der Waals surface area contributed by atoms with Gasteiger partial charge in [-0.1, -0.05) is 13.8 Å². The van der Waals surface area contributed by atoms with Gasteiger partial charge in [0.15, 0.2) is 0 Å². The molecule has 2 saturated carbocycles. The monoisotopic (exact) mass is 218 g/mol. The Labute approximate surface area is 88.0 Å². The van der Waals surface area contributed by atoms with Crippen molar-refractivity contribution in [1.82, 2.24) is 0 Å². The molecule has 0 heterocycles. The van der Waals surface area contributed by atoms with Gasteiger partial charge in [-0.2, -0.15) is 0 Å². The molecule has 0 aliphatic heterocycles. The van der Waals surface area contributed by atoms with E-state index >= 15 is 0 Å². The van der Waals surface area contributed by atoms with Gasteiger partial charge in [0.25, 0.3) is 0 Å². The van der Waals surface area contributed by atoms with Crippen LogP contribution < -0.4 is 0 Å². The van der Waals surface area contributed by atoms with Crippen molar-refractivity contribution in [2.45, 2.75) is 43.9 Å². The van der Waals surface area contributed by atoms with Crippen LogP contribution in [0, 0.1) is 17.8 Å². The molecule has 2 aliphatic carbocycles. The maximum absolute atomic E-state index is 10.0. The average molecular weight is 218 g/mol. The van der Waals surface area contributed by atoms with Gasteiger partial charge < -0.3 is 25.5 Å². The molecule has 2 rings (SSSR count). The van der Waals surface area contributed by atoms with Gasteiger partial charge in [0, 0.05) is 11.8 Å². The summed E-state index contributed by atoms with van der Waals surface area (Å²) in [5.74, 6) is -1.59. The van der Waals surface area contributed by atoms with E-state index in [1.54, 1.807) is 13.8 Å². The molecule has 0 aromatic rings. The fraction of sp³-hybridized carbons (Fsp3) is 1.00. The molecular formula is C10H18O5. The SMILES string of the molecule is CC(C)[C@H](O)[C@@H]1C(O)C2C(O)[C@H](O)[C@@]21O. The van der Waals surface area contributed by atoms with Gasteiger partial charge in [0.05, 0.1) is 18.3 Å². The van der Waals surface area contributed by atoms with E-state index in [-0.39, 0.29) is 5.92 Å². The smallest absolute Gasteiger partial charge is 0.110 e. The third-order valence-corrected chi connectivity index (χ3v) is 4.02. The summed E-state index contributed by atoms with van der Waals surface area (Å²) in [5, 5.41) is 48.3. The second-order valence-corrected chi connectivity index (χ2v) is 5.10. The van der Waals surface area contributed by atoms with Crippen molar-refractivity contribution >= 4 is 0 Å². The summed E-state index contributed by atoms with van der Waals surface area (Å²) >= 11 is 0. The minimum atomic E-state index is -1.51. The number of rotatable bonds is 2. The minimum absolute atomic E-state index is 0.112. The predicted octanol–water partition coefficient (Wildman–Crippen LogP) is -1.92. The second-order valence-electron chi connectivity index (χ2n) is 5.10. The van der Waals surface area contributed by atoms with Crippen LogP contribution in [-0.4, -0.2) is 55.5 Å². The first-order valence-electron chi connectivity index (χ1n) is 5.28. The molecule has 0 saturated heterocycles. The molecule has 0 bridgehead atoms. The van der Waals surface area contributed by atoms with Crippen LogP contribution in [0.25, 0.3) is 0 Å². The largest absolute Gasteiger partial charge is 0.392 e. The normalized spacial score (nSPS) is 55.6. The molecule has 5 N–H and O–H groups in total. The van der Waals surface area contributed by atoms with Gasteiger partial charge in [-0.3, -0.25) is 0 Å². The zero-order valence-corrected chi connectivity index (χ0v) is 8.78. The van der Waals surface area contributed by atoms with Crippen LogP contribution in [0.2, 0.25) is 0 Å². The van der Waals surface area contributed by atoms with E-state index in [0.29, 0.717) is 0 Å². The number of fused-ring (bicyclic) bond motifs is 1. The van der Waals surface area contributed by atoms with Gasteiger partial charge in [-0.15, -0.1) is 0 Å². The van der Waals surface area contributed by atoms with E-state index in [1.807, 2.05) is 0 Å². The standard InChI is InChI=1S/C10H18O5/c1-3(2)6(11)4-7(12)5-8(13)9(14)10(4,5)15/h3-9,11-15H,1-2H3/t4-,5?,6+,7?,8?,9+,10+/m1/s1. The maximum atomic E-state index is 10.0. The van der Waals surface area contributed by atoms with Crippen LogP contribution in [0.15, 0.2) is 0 Å². The van der Waals surface area contributed by atoms with Crippen molar-refractivity contribution in [3.05, 3.63) is 0 Å². The highest BCUT2D eigenvalue weighted by atomic mass is 16.4. The Balaban J connectivity index is 2.16. The summed E-state index contributed by atoms with van der Waals surface area (Å²) in [6.45, 7) is 3.55. The molecule has 3 unspecified atom stereocenters. The Kier molecular flexibility index (Phi) is 2.37. The molecule has 5 heteroatoms. The molecule has 0 aromatic carbocycles. The van der Waals surface area contributed by atoms with Crippen LogP contribution in [-0.2, 0) is 0 Å². The molecule has 0 amide bonds. The summed E-state index contributed by atoms with van der Waals surface area (Å²) in [5.41, 5.74) is -1.51. The quantitative estimate of drug-likeness (QED) is 0.372. The summed E-state index contributed by atoms with van der Waals surface area (Å²) in [4.78, 5) is 0. The van der Waals surface area contributed by atoms with Crippen LogP contribution in [0.4, 0.5) is 0 Å². The topological polar surface area (TPSA) is 101 Å². The van der Waals surface area contributed by atoms with Crippen molar-refractivity contribution < 1.29 is 25.5 Å². The van der Waals surface area contributed by atoms with Crippen molar-refractivity contribution in [1.29, 1.82) is 0 Å². The molecule has 2 fully saturated rings. The van der Waals surface area contributed by atoms with E-state index in [1.165, 1.54) is 0 Å². The summed E-state index contributed by atoms with van der Waals surface area (Å²) in [7, 11) is 0. The summed E-state index contributed by atoms with van der Waals surface area (Å²) in [6, 6.07) is 0. The molecular weight excluding hydrogens is 200 g/mol. The maximum Gasteiger partial charge on any atom is 0.110 e. The van der Waals surface area contributed by atoms with Crippen LogP contribution >= 0.6 is 0 Å². The lowest BCUT2D eigenvalue weighted by Gasteiger charge is -2.69. The third-order valence-electron chi connectivity index (χ3n) is 4.02. The molecule has 0 spiro atoms. The molecule has 5 nitrogen and oxygen atoms in total. The lowest BCUT2D eigenvalue weighted by molar-refractivity contribution is -0.392. The van der Waals surface area contributed by atoms with Crippen LogP contribution in [0.3, 0.4) is 0 Å². The lowest BCUT2D eigenvalue weighted by atomic mass is 9.43. The van der Waals surface area contributed by atoms with E-state index < -0.39 is 41.9 Å². The first-order valence-corrected chi connectivity index (χ1v) is 5.28. The molecule has 88 valence electrons. The van der Waals surface area contributed by atoms with Crippen molar-refractivity contribution in [2.75, 3.05) is 0 Å². The summed E-state index contributed by atoms with van der Waals surface area (Å²) < 4.78 is 0. The van der Waals surface area contributed by atoms with Gasteiger partial charge in [0.2, 0.25) is 0 Å². The Hall–Kier alpha value is -0.200. The molecule has 0 aromatic heterocycles. The fourth-order valence-electron chi connectivity index (χ4n) is 2.99. The van der Waals surface area contributed by atoms with Gasteiger partial charge in [-0.25, -0.2) is 0 Å². The number of aliphatic hydroxyl groups is 5. The van der Waals surface area contributed by atoms with Gasteiger partial charge >= 0.3 is 0 Å². The first kappa shape index (κ1) is 11.3. The van der Waals surface area contributed by atoms with Crippen molar-refractivity contribution in [3.63, 3.8) is 0 Å². The van der Waals surface area contributed by atoms with E-state index in [0.717, 1.165) is 0 Å². The van der Waals surface area contributed by atoms with Crippen LogP contribution in [0.5, 0.6) is 0 Å². The molecule has 7 atom stereocenters. The zero-order valence-electron chi connectivity index (χ0n) is 8.78. The fourth-order valence-corrected chi connectivity index (χ4v) is 2.99. The van der Waals surface area contributed by atoms with Gasteiger partial charge in [-0.05, 0) is 5.92 Å². The van der Waals surface area contributed by atoms with E-state index in [4.69, 9.17) is 0 Å². The first-order chi connectivity index (χ1) is 6.83. The Bertz CT molecular complexity index is 269. The average Bonchev–Trinajstić information content (AvgIpc) is 2.16. The highest BCUT2D eigenvalue weighted by Gasteiger charge is 2.77. The van der Waals surface area contributed by atoms with E-state index in [9.17, 15) is 25.5 Å². The van der Waals surface area contributed by atoms with Gasteiger partial charge in [0.1, 0.15) is 11.7 Å². The Morgan fingerprint density at radius 3 is 2.07 bits per heavy atom. The highest BCUT2D eigenvalue weighted by molar-refractivity contribution is 5.27. The Morgan fingerprint density at radius 2 is 1.60 bits per heavy atom. The number of aliphatic hydroxyl groups excluding tert-OH is 4. The number of hydrogen-bond donors (Lipinski definition) is 5. The molecule has 15 heavy (non-hydrogen) atoms. The molecule has 2 aliphatic rings. The predicted molar refractivity (Wildman–Crippen MR) is 50.8 cm³/mol. The van der Waals surface area contributed by atoms with Crippen molar-refractivity contribution in [2.24, 2.45) is 17.8 Å². The number of hydrogen-bond acceptors (Lipinski definition) is 5. The van der Waals surface area contributed by atoms with Crippen molar-refractivity contribution in [3.8, 4) is 0 Å². The van der Waals surface area contributed by atoms with Crippen LogP contribution in [0.1, 0.15) is 13.8 Å².